The molecule has 1 saturated carbocycles. The molecule has 0 radical (unpaired) electrons. The standard InChI is InChI=1S/C13H19NO/c1-15-13-9-5-8-12(10-13)14-11-6-3-2-4-7-11/h2-4,6-7,12-14H,5,8-10H2,1H3. The molecule has 2 atom stereocenters. The molecular weight excluding hydrogens is 186 g/mol. The van der Waals surface area contributed by atoms with E-state index >= 15 is 0 Å². The Bertz CT molecular complexity index is 286. The molecule has 1 aliphatic carbocycles. The number of rotatable bonds is 3. The van der Waals surface area contributed by atoms with E-state index in [0.29, 0.717) is 12.1 Å². The van der Waals surface area contributed by atoms with Crippen LogP contribution < -0.4 is 5.32 Å². The highest BCUT2D eigenvalue weighted by Gasteiger charge is 2.21. The molecule has 0 amide bonds. The van der Waals surface area contributed by atoms with Gasteiger partial charge >= 0.3 is 0 Å². The van der Waals surface area contributed by atoms with Gasteiger partial charge < -0.3 is 10.1 Å². The van der Waals surface area contributed by atoms with E-state index in [4.69, 9.17) is 4.74 Å². The summed E-state index contributed by atoms with van der Waals surface area (Å²) in [6, 6.07) is 11.0. The van der Waals surface area contributed by atoms with Crippen LogP contribution in [-0.2, 0) is 4.74 Å². The van der Waals surface area contributed by atoms with Crippen molar-refractivity contribution in [2.45, 2.75) is 37.8 Å². The van der Waals surface area contributed by atoms with Crippen molar-refractivity contribution in [2.24, 2.45) is 0 Å². The van der Waals surface area contributed by atoms with Gasteiger partial charge in [-0.3, -0.25) is 0 Å². The topological polar surface area (TPSA) is 21.3 Å². The molecule has 82 valence electrons. The smallest absolute Gasteiger partial charge is 0.0590 e. The lowest BCUT2D eigenvalue weighted by Gasteiger charge is -2.29. The predicted octanol–water partition coefficient (Wildman–Crippen LogP) is 3.06. The lowest BCUT2D eigenvalue weighted by Crippen LogP contribution is -2.30. The molecule has 1 aromatic rings. The van der Waals surface area contributed by atoms with Crippen molar-refractivity contribution in [1.82, 2.24) is 0 Å². The number of benzene rings is 1. The number of hydrogen-bond donors (Lipinski definition) is 1. The Labute approximate surface area is 91.6 Å². The van der Waals surface area contributed by atoms with E-state index in [1.807, 2.05) is 13.2 Å². The molecule has 1 aromatic carbocycles. The molecule has 2 unspecified atom stereocenters. The highest BCUT2D eigenvalue weighted by Crippen LogP contribution is 2.23. The van der Waals surface area contributed by atoms with Crippen molar-refractivity contribution < 1.29 is 4.74 Å². The van der Waals surface area contributed by atoms with Crippen molar-refractivity contribution in [1.29, 1.82) is 0 Å². The largest absolute Gasteiger partial charge is 0.382 e. The monoisotopic (exact) mass is 205 g/mol. The first-order valence-electron chi connectivity index (χ1n) is 5.73. The molecule has 1 aliphatic rings. The van der Waals surface area contributed by atoms with Gasteiger partial charge in [0.25, 0.3) is 0 Å². The van der Waals surface area contributed by atoms with E-state index in [2.05, 4.69) is 29.6 Å². The fraction of sp³-hybridized carbons (Fsp3) is 0.538. The van der Waals surface area contributed by atoms with Crippen LogP contribution in [0.3, 0.4) is 0 Å². The zero-order valence-electron chi connectivity index (χ0n) is 9.28. The molecule has 0 spiro atoms. The normalized spacial score (nSPS) is 26.2. The van der Waals surface area contributed by atoms with Gasteiger partial charge in [-0.25, -0.2) is 0 Å². The van der Waals surface area contributed by atoms with Crippen LogP contribution in [0.15, 0.2) is 30.3 Å². The maximum absolute atomic E-state index is 5.42. The lowest BCUT2D eigenvalue weighted by atomic mass is 9.92. The maximum atomic E-state index is 5.42. The highest BCUT2D eigenvalue weighted by molar-refractivity contribution is 5.43. The Morgan fingerprint density at radius 1 is 1.20 bits per heavy atom. The summed E-state index contributed by atoms with van der Waals surface area (Å²) in [5.74, 6) is 0. The first-order chi connectivity index (χ1) is 7.38. The molecule has 1 N–H and O–H groups in total. The Hall–Kier alpha value is -1.02. The van der Waals surface area contributed by atoms with Crippen LogP contribution in [-0.4, -0.2) is 19.3 Å². The SMILES string of the molecule is COC1CCCC(Nc2ccccc2)C1. The zero-order valence-corrected chi connectivity index (χ0v) is 9.28. The van der Waals surface area contributed by atoms with Gasteiger partial charge in [-0.15, -0.1) is 0 Å². The summed E-state index contributed by atoms with van der Waals surface area (Å²) in [5, 5.41) is 3.57. The molecule has 0 aromatic heterocycles. The summed E-state index contributed by atoms with van der Waals surface area (Å²) in [4.78, 5) is 0. The maximum Gasteiger partial charge on any atom is 0.0590 e. The number of nitrogens with one attached hydrogen (secondary N) is 1. The Kier molecular flexibility index (Phi) is 3.62. The van der Waals surface area contributed by atoms with Crippen LogP contribution in [0.5, 0.6) is 0 Å². The molecule has 15 heavy (non-hydrogen) atoms. The lowest BCUT2D eigenvalue weighted by molar-refractivity contribution is 0.0669. The van der Waals surface area contributed by atoms with Crippen molar-refractivity contribution in [3.8, 4) is 0 Å². The number of hydrogen-bond acceptors (Lipinski definition) is 2. The van der Waals surface area contributed by atoms with E-state index in [9.17, 15) is 0 Å². The van der Waals surface area contributed by atoms with Gasteiger partial charge in [-0.2, -0.15) is 0 Å². The number of ether oxygens (including phenoxy) is 1. The summed E-state index contributed by atoms with van der Waals surface area (Å²) in [6.45, 7) is 0. The van der Waals surface area contributed by atoms with Gasteiger partial charge in [0.05, 0.1) is 6.10 Å². The van der Waals surface area contributed by atoms with Crippen molar-refractivity contribution in [2.75, 3.05) is 12.4 Å². The molecule has 0 bridgehead atoms. The molecule has 0 saturated heterocycles. The van der Waals surface area contributed by atoms with Gasteiger partial charge in [0, 0.05) is 18.8 Å². The summed E-state index contributed by atoms with van der Waals surface area (Å²) >= 11 is 0. The van der Waals surface area contributed by atoms with Crippen LogP contribution in [0.4, 0.5) is 5.69 Å². The average molecular weight is 205 g/mol. The third-order valence-corrected chi connectivity index (χ3v) is 3.10. The second kappa shape index (κ2) is 5.17. The molecule has 1 fully saturated rings. The van der Waals surface area contributed by atoms with E-state index in [1.165, 1.54) is 24.9 Å². The summed E-state index contributed by atoms with van der Waals surface area (Å²) in [6.07, 6.45) is 5.31. The summed E-state index contributed by atoms with van der Waals surface area (Å²) in [7, 11) is 1.82. The molecular formula is C13H19NO. The van der Waals surface area contributed by atoms with Crippen LogP contribution in [0.25, 0.3) is 0 Å². The summed E-state index contributed by atoms with van der Waals surface area (Å²) in [5.41, 5.74) is 1.22. The third-order valence-electron chi connectivity index (χ3n) is 3.10. The minimum atomic E-state index is 0.444. The average Bonchev–Trinajstić information content (AvgIpc) is 2.31. The van der Waals surface area contributed by atoms with Crippen molar-refractivity contribution in [3.05, 3.63) is 30.3 Å². The van der Waals surface area contributed by atoms with Crippen molar-refractivity contribution >= 4 is 5.69 Å². The fourth-order valence-corrected chi connectivity index (χ4v) is 2.26. The number of anilines is 1. The first-order valence-corrected chi connectivity index (χ1v) is 5.73. The van der Waals surface area contributed by atoms with Gasteiger partial charge in [0.1, 0.15) is 0 Å². The number of para-hydroxylation sites is 1. The highest BCUT2D eigenvalue weighted by atomic mass is 16.5. The Balaban J connectivity index is 1.89. The van der Waals surface area contributed by atoms with Gasteiger partial charge in [-0.1, -0.05) is 18.2 Å². The van der Waals surface area contributed by atoms with E-state index in [0.717, 1.165) is 6.42 Å². The Morgan fingerprint density at radius 3 is 2.73 bits per heavy atom. The number of methoxy groups -OCH3 is 1. The molecule has 0 heterocycles. The van der Waals surface area contributed by atoms with Crippen LogP contribution in [0, 0.1) is 0 Å². The van der Waals surface area contributed by atoms with E-state index < -0.39 is 0 Å². The van der Waals surface area contributed by atoms with Gasteiger partial charge in [-0.05, 0) is 37.8 Å². The summed E-state index contributed by atoms with van der Waals surface area (Å²) < 4.78 is 5.42. The van der Waals surface area contributed by atoms with Crippen LogP contribution in [0.2, 0.25) is 0 Å². The second-order valence-corrected chi connectivity index (χ2v) is 4.23. The van der Waals surface area contributed by atoms with E-state index in [-0.39, 0.29) is 0 Å². The van der Waals surface area contributed by atoms with Crippen LogP contribution >= 0.6 is 0 Å². The van der Waals surface area contributed by atoms with Crippen molar-refractivity contribution in [3.63, 3.8) is 0 Å². The minimum Gasteiger partial charge on any atom is -0.382 e. The minimum absolute atomic E-state index is 0.444. The van der Waals surface area contributed by atoms with Gasteiger partial charge in [0.2, 0.25) is 0 Å². The van der Waals surface area contributed by atoms with Crippen LogP contribution in [0.1, 0.15) is 25.7 Å². The molecule has 2 heteroatoms. The predicted molar refractivity (Wildman–Crippen MR) is 63.1 cm³/mol. The third kappa shape index (κ3) is 2.96. The van der Waals surface area contributed by atoms with E-state index in [1.54, 1.807) is 0 Å². The van der Waals surface area contributed by atoms with Gasteiger partial charge in [0.15, 0.2) is 0 Å². The quantitative estimate of drug-likeness (QED) is 0.819. The second-order valence-electron chi connectivity index (χ2n) is 4.23. The molecule has 2 nitrogen and oxygen atoms in total. The first kappa shape index (κ1) is 10.5. The molecule has 0 aliphatic heterocycles. The zero-order chi connectivity index (χ0) is 10.5. The molecule has 2 rings (SSSR count). The fourth-order valence-electron chi connectivity index (χ4n) is 2.26. The Morgan fingerprint density at radius 2 is 2.00 bits per heavy atom.